The van der Waals surface area contributed by atoms with Crippen LogP contribution in [0, 0.1) is 6.92 Å². The molecule has 0 unspecified atom stereocenters. The topological polar surface area (TPSA) is 32.3 Å². The number of hydrogen-bond acceptors (Lipinski definition) is 2. The third-order valence-electron chi connectivity index (χ3n) is 3.97. The van der Waals surface area contributed by atoms with E-state index < -0.39 is 0 Å². The largest absolute Gasteiger partial charge is 0.355 e. The Bertz CT molecular complexity index is 731. The van der Waals surface area contributed by atoms with Crippen molar-refractivity contribution in [2.75, 3.05) is 20.6 Å². The Kier molecular flexibility index (Phi) is 6.67. The Morgan fingerprint density at radius 3 is 2.50 bits per heavy atom. The van der Waals surface area contributed by atoms with E-state index in [9.17, 15) is 4.79 Å². The molecule has 24 heavy (non-hydrogen) atoms. The average Bonchev–Trinajstić information content (AvgIpc) is 2.56. The summed E-state index contributed by atoms with van der Waals surface area (Å²) in [5.74, 6) is -0.173. The van der Waals surface area contributed by atoms with Crippen LogP contribution in [0.15, 0.2) is 36.4 Å². The summed E-state index contributed by atoms with van der Waals surface area (Å²) >= 11 is 11.4. The van der Waals surface area contributed by atoms with Crippen molar-refractivity contribution >= 4 is 29.1 Å². The molecule has 0 aliphatic carbocycles. The van der Waals surface area contributed by atoms with Gasteiger partial charge in [0.2, 0.25) is 0 Å². The normalized spacial score (nSPS) is 13.5. The molecule has 1 N–H and O–H groups in total. The van der Waals surface area contributed by atoms with Crippen LogP contribution in [0.4, 0.5) is 0 Å². The van der Waals surface area contributed by atoms with E-state index in [2.05, 4.69) is 42.4 Å². The molecular weight excluding hydrogens is 343 g/mol. The number of nitrogens with zero attached hydrogens (tertiary/aromatic N) is 1. The van der Waals surface area contributed by atoms with Gasteiger partial charge in [0.1, 0.15) is 0 Å². The Hall–Kier alpha value is -1.55. The van der Waals surface area contributed by atoms with Crippen LogP contribution in [0.25, 0.3) is 0 Å². The zero-order chi connectivity index (χ0) is 17.7. The first-order chi connectivity index (χ1) is 11.4. The maximum atomic E-state index is 11.1. The van der Waals surface area contributed by atoms with Gasteiger partial charge in [-0.25, -0.2) is 0 Å². The van der Waals surface area contributed by atoms with Crippen LogP contribution in [0.5, 0.6) is 0 Å². The molecule has 128 valence electrons. The number of nitrogens with one attached hydrogen (secondary N) is 1. The van der Waals surface area contributed by atoms with Crippen LogP contribution in [-0.4, -0.2) is 31.4 Å². The number of rotatable bonds is 1. The van der Waals surface area contributed by atoms with Gasteiger partial charge >= 0.3 is 0 Å². The SMILES string of the molecule is CNC(=O)c1ccc(Cl)c(Cl)c1.Cc1ccc2c(c1)CN(C)CC2. The molecule has 1 amide bonds. The van der Waals surface area contributed by atoms with Crippen LogP contribution in [0.2, 0.25) is 10.0 Å². The molecule has 3 nitrogen and oxygen atoms in total. The molecule has 0 atom stereocenters. The van der Waals surface area contributed by atoms with Crippen LogP contribution in [-0.2, 0) is 13.0 Å². The number of hydrogen-bond donors (Lipinski definition) is 1. The van der Waals surface area contributed by atoms with Crippen LogP contribution in [0.3, 0.4) is 0 Å². The third-order valence-corrected chi connectivity index (χ3v) is 4.71. The predicted molar refractivity (Wildman–Crippen MR) is 101 cm³/mol. The average molecular weight is 365 g/mol. The van der Waals surface area contributed by atoms with Gasteiger partial charge < -0.3 is 10.2 Å². The number of halogens is 2. The number of carbonyl (C=O) groups excluding carboxylic acids is 1. The fourth-order valence-corrected chi connectivity index (χ4v) is 2.91. The van der Waals surface area contributed by atoms with Crippen LogP contribution < -0.4 is 5.32 Å². The molecular formula is C19H22Cl2N2O. The fourth-order valence-electron chi connectivity index (χ4n) is 2.61. The quantitative estimate of drug-likeness (QED) is 0.816. The Morgan fingerprint density at radius 2 is 1.83 bits per heavy atom. The Morgan fingerprint density at radius 1 is 1.08 bits per heavy atom. The molecule has 0 saturated carbocycles. The predicted octanol–water partition coefficient (Wildman–Crippen LogP) is 4.34. The first-order valence-electron chi connectivity index (χ1n) is 7.84. The lowest BCUT2D eigenvalue weighted by Gasteiger charge is -2.25. The molecule has 0 aromatic heterocycles. The van der Waals surface area contributed by atoms with E-state index in [4.69, 9.17) is 23.2 Å². The number of likely N-dealkylation sites (N-methyl/N-ethyl adjacent to an activating group) is 1. The molecule has 0 spiro atoms. The highest BCUT2D eigenvalue weighted by molar-refractivity contribution is 6.42. The van der Waals surface area contributed by atoms with Gasteiger partial charge in [0, 0.05) is 25.7 Å². The lowest BCUT2D eigenvalue weighted by Crippen LogP contribution is -2.26. The van der Waals surface area contributed by atoms with E-state index >= 15 is 0 Å². The molecule has 0 fully saturated rings. The van der Waals surface area contributed by atoms with E-state index in [1.165, 1.54) is 30.2 Å². The molecule has 1 heterocycles. The third kappa shape index (κ3) is 4.97. The minimum absolute atomic E-state index is 0.173. The second kappa shape index (κ2) is 8.52. The maximum Gasteiger partial charge on any atom is 0.251 e. The molecule has 2 aromatic carbocycles. The monoisotopic (exact) mass is 364 g/mol. The summed E-state index contributed by atoms with van der Waals surface area (Å²) < 4.78 is 0. The molecule has 2 aromatic rings. The van der Waals surface area contributed by atoms with E-state index in [0.29, 0.717) is 15.6 Å². The molecule has 3 rings (SSSR count). The summed E-state index contributed by atoms with van der Waals surface area (Å²) in [6.07, 6.45) is 1.21. The molecule has 0 bridgehead atoms. The molecule has 0 radical (unpaired) electrons. The first-order valence-corrected chi connectivity index (χ1v) is 8.60. The van der Waals surface area contributed by atoms with Gasteiger partial charge in [-0.15, -0.1) is 0 Å². The summed E-state index contributed by atoms with van der Waals surface area (Å²) in [4.78, 5) is 13.4. The summed E-state index contributed by atoms with van der Waals surface area (Å²) in [5, 5.41) is 3.32. The highest BCUT2D eigenvalue weighted by Crippen LogP contribution is 2.22. The minimum atomic E-state index is -0.173. The highest BCUT2D eigenvalue weighted by Gasteiger charge is 2.11. The number of aryl methyl sites for hydroxylation is 1. The van der Waals surface area contributed by atoms with Crippen molar-refractivity contribution in [3.05, 3.63) is 68.7 Å². The van der Waals surface area contributed by atoms with E-state index in [1.807, 2.05) is 0 Å². The fraction of sp³-hybridized carbons (Fsp3) is 0.316. The lowest BCUT2D eigenvalue weighted by molar-refractivity contribution is 0.0963. The van der Waals surface area contributed by atoms with Crippen molar-refractivity contribution in [2.24, 2.45) is 0 Å². The zero-order valence-electron chi connectivity index (χ0n) is 14.2. The minimum Gasteiger partial charge on any atom is -0.355 e. The van der Waals surface area contributed by atoms with Gasteiger partial charge in [0.05, 0.1) is 10.0 Å². The maximum absolute atomic E-state index is 11.1. The van der Waals surface area contributed by atoms with Crippen molar-refractivity contribution < 1.29 is 4.79 Å². The van der Waals surface area contributed by atoms with E-state index in [-0.39, 0.29) is 5.91 Å². The summed E-state index contributed by atoms with van der Waals surface area (Å²) in [5.41, 5.74) is 4.94. The highest BCUT2D eigenvalue weighted by atomic mass is 35.5. The van der Waals surface area contributed by atoms with Gasteiger partial charge in [-0.3, -0.25) is 4.79 Å². The van der Waals surface area contributed by atoms with Crippen molar-refractivity contribution in [2.45, 2.75) is 19.9 Å². The van der Waals surface area contributed by atoms with E-state index in [1.54, 1.807) is 24.7 Å². The van der Waals surface area contributed by atoms with Gasteiger partial charge in [-0.1, -0.05) is 47.0 Å². The number of carbonyl (C=O) groups is 1. The smallest absolute Gasteiger partial charge is 0.251 e. The second-order valence-electron chi connectivity index (χ2n) is 5.97. The van der Waals surface area contributed by atoms with Gasteiger partial charge in [-0.2, -0.15) is 0 Å². The van der Waals surface area contributed by atoms with Gasteiger partial charge in [0.25, 0.3) is 5.91 Å². The van der Waals surface area contributed by atoms with E-state index in [0.717, 1.165) is 6.54 Å². The molecule has 1 aliphatic rings. The van der Waals surface area contributed by atoms with Crippen LogP contribution >= 0.6 is 23.2 Å². The Balaban J connectivity index is 0.000000174. The lowest BCUT2D eigenvalue weighted by atomic mass is 9.98. The van der Waals surface area contributed by atoms with Crippen molar-refractivity contribution in [3.8, 4) is 0 Å². The van der Waals surface area contributed by atoms with Crippen molar-refractivity contribution in [3.63, 3.8) is 0 Å². The van der Waals surface area contributed by atoms with Gasteiger partial charge in [-0.05, 0) is 49.7 Å². The molecule has 5 heteroatoms. The standard InChI is InChI=1S/C11H15N.C8H7Cl2NO/c1-9-3-4-10-5-6-12(2)8-11(10)7-9;1-11-8(12)5-2-3-6(9)7(10)4-5/h3-4,7H,5-6,8H2,1-2H3;2-4H,1H3,(H,11,12). The zero-order valence-corrected chi connectivity index (χ0v) is 15.7. The van der Waals surface area contributed by atoms with Crippen LogP contribution in [0.1, 0.15) is 27.0 Å². The Labute approximate surface area is 153 Å². The summed E-state index contributed by atoms with van der Waals surface area (Å²) in [6.45, 7) is 4.49. The number of amides is 1. The van der Waals surface area contributed by atoms with Gasteiger partial charge in [0.15, 0.2) is 0 Å². The summed E-state index contributed by atoms with van der Waals surface area (Å²) in [6, 6.07) is 11.5. The summed E-state index contributed by atoms with van der Waals surface area (Å²) in [7, 11) is 3.75. The molecule has 0 saturated heterocycles. The number of fused-ring (bicyclic) bond motifs is 1. The first kappa shape index (κ1) is 18.8. The van der Waals surface area contributed by atoms with Crippen molar-refractivity contribution in [1.82, 2.24) is 10.2 Å². The second-order valence-corrected chi connectivity index (χ2v) is 6.78. The van der Waals surface area contributed by atoms with Crippen molar-refractivity contribution in [1.29, 1.82) is 0 Å². The molecule has 1 aliphatic heterocycles. The number of benzene rings is 2.